The van der Waals surface area contributed by atoms with Gasteiger partial charge >= 0.3 is 0 Å². The molecule has 0 heterocycles. The average Bonchev–Trinajstić information content (AvgIpc) is 2.34. The lowest BCUT2D eigenvalue weighted by atomic mass is 10.1. The van der Waals surface area contributed by atoms with E-state index in [9.17, 15) is 9.90 Å². The molecule has 5 heteroatoms. The number of benzene rings is 1. The van der Waals surface area contributed by atoms with Gasteiger partial charge in [-0.05, 0) is 12.1 Å². The Labute approximate surface area is 107 Å². The van der Waals surface area contributed by atoms with Gasteiger partial charge < -0.3 is 20.5 Å². The second kappa shape index (κ2) is 6.86. The second-order valence-corrected chi connectivity index (χ2v) is 4.22. The molecule has 1 aromatic rings. The molecule has 3 N–H and O–H groups in total. The van der Waals surface area contributed by atoms with Crippen LogP contribution in [0.3, 0.4) is 0 Å². The predicted molar refractivity (Wildman–Crippen MR) is 70.1 cm³/mol. The minimum absolute atomic E-state index is 0.130. The van der Waals surface area contributed by atoms with Gasteiger partial charge in [0.2, 0.25) is 0 Å². The number of phenolic OH excluding ortho intramolecular Hbond substituents is 1. The predicted octanol–water partition coefficient (Wildman–Crippen LogP) is 1.13. The van der Waals surface area contributed by atoms with Crippen molar-refractivity contribution in [1.29, 1.82) is 0 Å². The van der Waals surface area contributed by atoms with Crippen molar-refractivity contribution in [2.45, 2.75) is 19.9 Å². The topological polar surface area (TPSA) is 70.6 Å². The minimum atomic E-state index is -0.308. The molecule has 1 aromatic carbocycles. The molecule has 18 heavy (non-hydrogen) atoms. The first-order chi connectivity index (χ1) is 8.56. The van der Waals surface area contributed by atoms with Gasteiger partial charge in [0.15, 0.2) is 11.5 Å². The summed E-state index contributed by atoms with van der Waals surface area (Å²) in [6, 6.07) is 5.21. The van der Waals surface area contributed by atoms with Gasteiger partial charge in [0.05, 0.1) is 12.7 Å². The summed E-state index contributed by atoms with van der Waals surface area (Å²) in [5, 5.41) is 15.7. The quantitative estimate of drug-likeness (QED) is 0.664. The number of rotatable bonds is 6. The van der Waals surface area contributed by atoms with Crippen LogP contribution in [0, 0.1) is 0 Å². The standard InChI is InChI=1S/C13H20N2O3/c1-9(2)14-7-8-15-13(17)10-5-4-6-11(18-3)12(10)16/h4-6,9,14,16H,7-8H2,1-3H3,(H,15,17). The summed E-state index contributed by atoms with van der Waals surface area (Å²) in [6.07, 6.45) is 0. The van der Waals surface area contributed by atoms with Crippen LogP contribution in [-0.4, -0.2) is 37.3 Å². The van der Waals surface area contributed by atoms with Gasteiger partial charge in [-0.15, -0.1) is 0 Å². The van der Waals surface area contributed by atoms with Crippen LogP contribution in [0.15, 0.2) is 18.2 Å². The first kappa shape index (κ1) is 14.3. The number of amides is 1. The summed E-state index contributed by atoms with van der Waals surface area (Å²) in [4.78, 5) is 11.8. The van der Waals surface area contributed by atoms with E-state index in [0.717, 1.165) is 0 Å². The Hall–Kier alpha value is -1.75. The lowest BCUT2D eigenvalue weighted by molar-refractivity contribution is 0.0950. The Bertz CT molecular complexity index is 405. The number of carbonyl (C=O) groups is 1. The van der Waals surface area contributed by atoms with Crippen molar-refractivity contribution in [2.24, 2.45) is 0 Å². The zero-order valence-corrected chi connectivity index (χ0v) is 11.0. The van der Waals surface area contributed by atoms with Crippen molar-refractivity contribution in [3.63, 3.8) is 0 Å². The number of nitrogens with one attached hydrogen (secondary N) is 2. The summed E-state index contributed by atoms with van der Waals surface area (Å²) < 4.78 is 4.95. The first-order valence-corrected chi connectivity index (χ1v) is 5.93. The first-order valence-electron chi connectivity index (χ1n) is 5.93. The molecule has 0 radical (unpaired) electrons. The van der Waals surface area contributed by atoms with E-state index in [4.69, 9.17) is 4.74 Å². The van der Waals surface area contributed by atoms with Gasteiger partial charge in [-0.2, -0.15) is 0 Å². The van der Waals surface area contributed by atoms with Gasteiger partial charge in [0.25, 0.3) is 5.91 Å². The van der Waals surface area contributed by atoms with Crippen LogP contribution in [-0.2, 0) is 0 Å². The molecule has 0 spiro atoms. The number of methoxy groups -OCH3 is 1. The Morgan fingerprint density at radius 3 is 2.72 bits per heavy atom. The molecule has 5 nitrogen and oxygen atoms in total. The monoisotopic (exact) mass is 252 g/mol. The molecule has 0 aliphatic carbocycles. The molecule has 100 valence electrons. The third-order valence-corrected chi connectivity index (χ3v) is 2.43. The Morgan fingerprint density at radius 1 is 1.39 bits per heavy atom. The molecule has 0 fully saturated rings. The van der Waals surface area contributed by atoms with Gasteiger partial charge in [-0.3, -0.25) is 4.79 Å². The van der Waals surface area contributed by atoms with E-state index in [1.807, 2.05) is 13.8 Å². The largest absolute Gasteiger partial charge is 0.504 e. The fraction of sp³-hybridized carbons (Fsp3) is 0.462. The maximum atomic E-state index is 11.8. The second-order valence-electron chi connectivity index (χ2n) is 4.22. The van der Waals surface area contributed by atoms with Crippen molar-refractivity contribution >= 4 is 5.91 Å². The van der Waals surface area contributed by atoms with Crippen LogP contribution in [0.25, 0.3) is 0 Å². The van der Waals surface area contributed by atoms with Crippen molar-refractivity contribution in [1.82, 2.24) is 10.6 Å². The Kier molecular flexibility index (Phi) is 5.45. The highest BCUT2D eigenvalue weighted by Gasteiger charge is 2.13. The third-order valence-electron chi connectivity index (χ3n) is 2.43. The summed E-state index contributed by atoms with van der Waals surface area (Å²) in [6.45, 7) is 5.27. The summed E-state index contributed by atoms with van der Waals surface area (Å²) in [5.74, 6) is -0.144. The lowest BCUT2D eigenvalue weighted by Gasteiger charge is -2.11. The summed E-state index contributed by atoms with van der Waals surface area (Å²) >= 11 is 0. The van der Waals surface area contributed by atoms with Crippen LogP contribution in [0.1, 0.15) is 24.2 Å². The number of carbonyl (C=O) groups excluding carboxylic acids is 1. The lowest BCUT2D eigenvalue weighted by Crippen LogP contribution is -2.34. The highest BCUT2D eigenvalue weighted by molar-refractivity contribution is 5.97. The van der Waals surface area contributed by atoms with E-state index in [0.29, 0.717) is 24.9 Å². The summed E-state index contributed by atoms with van der Waals surface area (Å²) in [7, 11) is 1.45. The molecule has 0 aliphatic heterocycles. The van der Waals surface area contributed by atoms with Crippen molar-refractivity contribution < 1.29 is 14.6 Å². The van der Waals surface area contributed by atoms with Crippen molar-refractivity contribution in [2.75, 3.05) is 20.2 Å². The molecule has 0 atom stereocenters. The van der Waals surface area contributed by atoms with Gasteiger partial charge in [-0.1, -0.05) is 19.9 Å². The fourth-order valence-electron chi connectivity index (χ4n) is 1.50. The molecule has 0 aliphatic rings. The van der Waals surface area contributed by atoms with E-state index in [2.05, 4.69) is 10.6 Å². The number of hydrogen-bond donors (Lipinski definition) is 3. The normalized spacial score (nSPS) is 10.4. The third kappa shape index (κ3) is 3.92. The molecular formula is C13H20N2O3. The van der Waals surface area contributed by atoms with E-state index < -0.39 is 0 Å². The van der Waals surface area contributed by atoms with Crippen LogP contribution in [0.4, 0.5) is 0 Å². The molecule has 0 aromatic heterocycles. The fourth-order valence-corrected chi connectivity index (χ4v) is 1.50. The molecule has 0 bridgehead atoms. The maximum Gasteiger partial charge on any atom is 0.255 e. The highest BCUT2D eigenvalue weighted by Crippen LogP contribution is 2.28. The van der Waals surface area contributed by atoms with Gasteiger partial charge in [-0.25, -0.2) is 0 Å². The molecule has 0 unspecified atom stereocenters. The average molecular weight is 252 g/mol. The molecule has 1 amide bonds. The van der Waals surface area contributed by atoms with Crippen LogP contribution >= 0.6 is 0 Å². The summed E-state index contributed by atoms with van der Waals surface area (Å²) in [5.41, 5.74) is 0.221. The zero-order valence-electron chi connectivity index (χ0n) is 11.0. The number of phenols is 1. The Balaban J connectivity index is 2.56. The van der Waals surface area contributed by atoms with Gasteiger partial charge in [0, 0.05) is 19.1 Å². The smallest absolute Gasteiger partial charge is 0.255 e. The Morgan fingerprint density at radius 2 is 2.11 bits per heavy atom. The molecular weight excluding hydrogens is 232 g/mol. The maximum absolute atomic E-state index is 11.8. The van der Waals surface area contributed by atoms with E-state index >= 15 is 0 Å². The minimum Gasteiger partial charge on any atom is -0.504 e. The van der Waals surface area contributed by atoms with E-state index in [1.54, 1.807) is 18.2 Å². The van der Waals surface area contributed by atoms with Crippen molar-refractivity contribution in [3.8, 4) is 11.5 Å². The van der Waals surface area contributed by atoms with Gasteiger partial charge in [0.1, 0.15) is 0 Å². The molecule has 0 saturated heterocycles. The molecule has 1 rings (SSSR count). The number of ether oxygens (including phenoxy) is 1. The van der Waals surface area contributed by atoms with E-state index in [1.165, 1.54) is 7.11 Å². The number of para-hydroxylation sites is 1. The number of hydrogen-bond acceptors (Lipinski definition) is 4. The van der Waals surface area contributed by atoms with Crippen molar-refractivity contribution in [3.05, 3.63) is 23.8 Å². The highest BCUT2D eigenvalue weighted by atomic mass is 16.5. The SMILES string of the molecule is COc1cccc(C(=O)NCCNC(C)C)c1O. The van der Waals surface area contributed by atoms with Crippen LogP contribution < -0.4 is 15.4 Å². The molecule has 0 saturated carbocycles. The zero-order chi connectivity index (χ0) is 13.5. The number of aromatic hydroxyl groups is 1. The van der Waals surface area contributed by atoms with Crippen LogP contribution in [0.5, 0.6) is 11.5 Å². The van der Waals surface area contributed by atoms with Crippen LogP contribution in [0.2, 0.25) is 0 Å². The van der Waals surface area contributed by atoms with E-state index in [-0.39, 0.29) is 17.2 Å².